The van der Waals surface area contributed by atoms with E-state index < -0.39 is 0 Å². The molecule has 3 heterocycles. The summed E-state index contributed by atoms with van der Waals surface area (Å²) in [5.74, 6) is 0.955. The standard InChI is InChI=1S/C18H22N6/c1-12-11-13(19)8-10-24(12)18-15-6-4-3-5-14(15)17(21-22-18)16-7-9-20-23(16)2/h3-7,9,12-13H,8,10-11,19H2,1-2H3. The quantitative estimate of drug-likeness (QED) is 0.784. The summed E-state index contributed by atoms with van der Waals surface area (Å²) in [6.45, 7) is 3.14. The molecule has 2 N–H and O–H groups in total. The third-order valence-corrected chi connectivity index (χ3v) is 4.92. The topological polar surface area (TPSA) is 72.9 Å². The number of benzene rings is 1. The van der Waals surface area contributed by atoms with Gasteiger partial charge >= 0.3 is 0 Å². The van der Waals surface area contributed by atoms with Crippen LogP contribution in [0.25, 0.3) is 22.2 Å². The number of rotatable bonds is 2. The molecule has 1 aromatic carbocycles. The van der Waals surface area contributed by atoms with Gasteiger partial charge in [-0.2, -0.15) is 5.10 Å². The van der Waals surface area contributed by atoms with Crippen LogP contribution >= 0.6 is 0 Å². The van der Waals surface area contributed by atoms with Crippen molar-refractivity contribution in [2.45, 2.75) is 31.8 Å². The van der Waals surface area contributed by atoms with Gasteiger partial charge in [-0.3, -0.25) is 4.68 Å². The monoisotopic (exact) mass is 322 g/mol. The molecular formula is C18H22N6. The Bertz CT molecular complexity index is 871. The van der Waals surface area contributed by atoms with Crippen molar-refractivity contribution in [1.29, 1.82) is 0 Å². The molecule has 0 bridgehead atoms. The first-order valence-corrected chi connectivity index (χ1v) is 8.41. The molecule has 0 spiro atoms. The smallest absolute Gasteiger partial charge is 0.159 e. The van der Waals surface area contributed by atoms with Gasteiger partial charge < -0.3 is 10.6 Å². The second-order valence-electron chi connectivity index (χ2n) is 6.58. The summed E-state index contributed by atoms with van der Waals surface area (Å²) in [5, 5.41) is 15.6. The van der Waals surface area contributed by atoms with Gasteiger partial charge in [-0.05, 0) is 25.8 Å². The molecule has 1 fully saturated rings. The number of aromatic nitrogens is 4. The molecule has 24 heavy (non-hydrogen) atoms. The lowest BCUT2D eigenvalue weighted by atomic mass is 9.98. The molecule has 0 amide bonds. The minimum atomic E-state index is 0.282. The molecule has 1 aliphatic rings. The third kappa shape index (κ3) is 2.43. The second-order valence-corrected chi connectivity index (χ2v) is 6.58. The number of hydrogen-bond donors (Lipinski definition) is 1. The molecule has 0 aliphatic carbocycles. The molecule has 4 rings (SSSR count). The summed E-state index contributed by atoms with van der Waals surface area (Å²) in [6, 6.07) is 11.0. The Morgan fingerprint density at radius 2 is 1.92 bits per heavy atom. The average molecular weight is 322 g/mol. The molecule has 0 radical (unpaired) electrons. The Balaban J connectivity index is 1.86. The van der Waals surface area contributed by atoms with E-state index in [0.717, 1.165) is 47.4 Å². The Hall–Kier alpha value is -2.47. The Morgan fingerprint density at radius 1 is 1.12 bits per heavy atom. The zero-order valence-corrected chi connectivity index (χ0v) is 14.1. The van der Waals surface area contributed by atoms with Gasteiger partial charge in [0.25, 0.3) is 0 Å². The van der Waals surface area contributed by atoms with Crippen molar-refractivity contribution in [3.05, 3.63) is 36.5 Å². The molecule has 1 saturated heterocycles. The van der Waals surface area contributed by atoms with Gasteiger partial charge in [-0.25, -0.2) is 0 Å². The van der Waals surface area contributed by atoms with Crippen LogP contribution in [0.4, 0.5) is 5.82 Å². The zero-order chi connectivity index (χ0) is 16.7. The van der Waals surface area contributed by atoms with Crippen molar-refractivity contribution in [3.8, 4) is 11.4 Å². The van der Waals surface area contributed by atoms with E-state index >= 15 is 0 Å². The van der Waals surface area contributed by atoms with Gasteiger partial charge in [-0.15, -0.1) is 10.2 Å². The molecule has 2 atom stereocenters. The SMILES string of the molecule is CC1CC(N)CCN1c1nnc(-c2ccnn2C)c2ccccc12. The highest BCUT2D eigenvalue weighted by Crippen LogP contribution is 2.33. The first-order chi connectivity index (χ1) is 11.6. The number of nitrogens with zero attached hydrogens (tertiary/aromatic N) is 5. The first kappa shape index (κ1) is 15.1. The number of aryl methyl sites for hydroxylation is 1. The summed E-state index contributed by atoms with van der Waals surface area (Å²) in [7, 11) is 1.92. The predicted molar refractivity (Wildman–Crippen MR) is 95.8 cm³/mol. The largest absolute Gasteiger partial charge is 0.352 e. The van der Waals surface area contributed by atoms with Crippen molar-refractivity contribution < 1.29 is 0 Å². The molecule has 0 saturated carbocycles. The number of hydrogen-bond acceptors (Lipinski definition) is 5. The average Bonchev–Trinajstić information content (AvgIpc) is 3.00. The molecular weight excluding hydrogens is 300 g/mol. The molecule has 2 aromatic heterocycles. The molecule has 6 nitrogen and oxygen atoms in total. The van der Waals surface area contributed by atoms with Crippen molar-refractivity contribution >= 4 is 16.6 Å². The van der Waals surface area contributed by atoms with Gasteiger partial charge in [0.2, 0.25) is 0 Å². The lowest BCUT2D eigenvalue weighted by Crippen LogP contribution is -2.46. The first-order valence-electron chi connectivity index (χ1n) is 8.41. The van der Waals surface area contributed by atoms with Crippen molar-refractivity contribution in [2.75, 3.05) is 11.4 Å². The number of fused-ring (bicyclic) bond motifs is 1. The summed E-state index contributed by atoms with van der Waals surface area (Å²) in [4.78, 5) is 2.34. The van der Waals surface area contributed by atoms with Crippen LogP contribution in [0.2, 0.25) is 0 Å². The molecule has 124 valence electrons. The highest BCUT2D eigenvalue weighted by molar-refractivity contribution is 5.99. The molecule has 3 aromatic rings. The summed E-state index contributed by atoms with van der Waals surface area (Å²) in [5.41, 5.74) is 7.95. The van der Waals surface area contributed by atoms with Crippen LogP contribution in [-0.4, -0.2) is 38.6 Å². The van der Waals surface area contributed by atoms with E-state index in [9.17, 15) is 0 Å². The Labute approximate surface area is 141 Å². The van der Waals surface area contributed by atoms with Crippen LogP contribution in [0.3, 0.4) is 0 Å². The van der Waals surface area contributed by atoms with Crippen molar-refractivity contribution in [3.63, 3.8) is 0 Å². The van der Waals surface area contributed by atoms with Gasteiger partial charge in [0.05, 0.1) is 5.69 Å². The zero-order valence-electron chi connectivity index (χ0n) is 14.1. The predicted octanol–water partition coefficient (Wildman–Crippen LogP) is 2.35. The maximum Gasteiger partial charge on any atom is 0.159 e. The summed E-state index contributed by atoms with van der Waals surface area (Å²) < 4.78 is 1.83. The maximum atomic E-state index is 6.11. The minimum absolute atomic E-state index is 0.282. The van der Waals surface area contributed by atoms with E-state index in [0.29, 0.717) is 6.04 Å². The van der Waals surface area contributed by atoms with Gasteiger partial charge in [-0.1, -0.05) is 24.3 Å². The van der Waals surface area contributed by atoms with Crippen LogP contribution in [-0.2, 0) is 7.05 Å². The van der Waals surface area contributed by atoms with Gasteiger partial charge in [0.1, 0.15) is 5.69 Å². The van der Waals surface area contributed by atoms with E-state index in [1.807, 2.05) is 23.9 Å². The van der Waals surface area contributed by atoms with E-state index in [1.165, 1.54) is 0 Å². The van der Waals surface area contributed by atoms with Gasteiger partial charge in [0, 0.05) is 42.6 Å². The van der Waals surface area contributed by atoms with Crippen LogP contribution in [0.5, 0.6) is 0 Å². The van der Waals surface area contributed by atoms with Crippen molar-refractivity contribution in [2.24, 2.45) is 12.8 Å². The van der Waals surface area contributed by atoms with E-state index in [-0.39, 0.29) is 6.04 Å². The Kier molecular flexibility index (Phi) is 3.69. The molecule has 6 heteroatoms. The van der Waals surface area contributed by atoms with E-state index in [4.69, 9.17) is 5.73 Å². The van der Waals surface area contributed by atoms with Gasteiger partial charge in [0.15, 0.2) is 5.82 Å². The highest BCUT2D eigenvalue weighted by atomic mass is 15.3. The molecule has 2 unspecified atom stereocenters. The number of anilines is 1. The summed E-state index contributed by atoms with van der Waals surface area (Å²) >= 11 is 0. The van der Waals surface area contributed by atoms with Crippen LogP contribution in [0.15, 0.2) is 36.5 Å². The van der Waals surface area contributed by atoms with E-state index in [1.54, 1.807) is 6.20 Å². The normalized spacial score (nSPS) is 21.4. The lowest BCUT2D eigenvalue weighted by molar-refractivity contribution is 0.427. The van der Waals surface area contributed by atoms with Crippen LogP contribution in [0, 0.1) is 0 Å². The fourth-order valence-electron chi connectivity index (χ4n) is 3.62. The minimum Gasteiger partial charge on any atom is -0.352 e. The fourth-order valence-corrected chi connectivity index (χ4v) is 3.62. The summed E-state index contributed by atoms with van der Waals surface area (Å²) in [6.07, 6.45) is 3.76. The van der Waals surface area contributed by atoms with E-state index in [2.05, 4.69) is 45.3 Å². The highest BCUT2D eigenvalue weighted by Gasteiger charge is 2.26. The third-order valence-electron chi connectivity index (χ3n) is 4.92. The lowest BCUT2D eigenvalue weighted by Gasteiger charge is -2.37. The Morgan fingerprint density at radius 3 is 2.62 bits per heavy atom. The van der Waals surface area contributed by atoms with Crippen molar-refractivity contribution in [1.82, 2.24) is 20.0 Å². The molecule has 1 aliphatic heterocycles. The number of piperidine rings is 1. The second kappa shape index (κ2) is 5.87. The van der Waals surface area contributed by atoms with Crippen LogP contribution < -0.4 is 10.6 Å². The number of nitrogens with two attached hydrogens (primary N) is 1. The van der Waals surface area contributed by atoms with Crippen LogP contribution in [0.1, 0.15) is 19.8 Å². The maximum absolute atomic E-state index is 6.11. The fraction of sp³-hybridized carbons (Fsp3) is 0.389.